The topological polar surface area (TPSA) is 57.5 Å². The van der Waals surface area contributed by atoms with E-state index in [9.17, 15) is 9.18 Å². The van der Waals surface area contributed by atoms with Crippen LogP contribution < -0.4 is 5.46 Å². The molecule has 3 rings (SSSR count). The number of hydrogen-bond donors (Lipinski definition) is 2. The Morgan fingerprint density at radius 2 is 1.71 bits per heavy atom. The van der Waals surface area contributed by atoms with Gasteiger partial charge in [-0.25, -0.2) is 4.39 Å². The van der Waals surface area contributed by atoms with Crippen molar-refractivity contribution < 1.29 is 19.2 Å². The van der Waals surface area contributed by atoms with E-state index in [4.69, 9.17) is 10.0 Å². The molecule has 0 fully saturated rings. The second-order valence-corrected chi connectivity index (χ2v) is 6.44. The third kappa shape index (κ3) is 3.62. The molecule has 0 amide bonds. The lowest BCUT2D eigenvalue weighted by Crippen LogP contribution is -2.29. The van der Waals surface area contributed by atoms with Crippen molar-refractivity contribution in [3.05, 3.63) is 76.9 Å². The van der Waals surface area contributed by atoms with E-state index >= 15 is 0 Å². The van der Waals surface area contributed by atoms with Gasteiger partial charge in [0, 0.05) is 16.9 Å². The molecule has 0 aliphatic carbocycles. The molecule has 24 heavy (non-hydrogen) atoms. The van der Waals surface area contributed by atoms with Crippen molar-refractivity contribution in [2.45, 2.75) is 6.42 Å². The number of carbonyl (C=O) groups excluding carboxylic acids is 1. The largest absolute Gasteiger partial charge is 0.488 e. The first-order chi connectivity index (χ1) is 11.5. The molecule has 3 nitrogen and oxygen atoms in total. The number of thiophene rings is 1. The molecule has 0 unspecified atom stereocenters. The molecular weight excluding hydrogens is 326 g/mol. The molecule has 0 aliphatic rings. The highest BCUT2D eigenvalue weighted by atomic mass is 32.1. The first kappa shape index (κ1) is 16.6. The number of hydrogen-bond acceptors (Lipinski definition) is 4. The monoisotopic (exact) mass is 340 g/mol. The summed E-state index contributed by atoms with van der Waals surface area (Å²) in [5, 5.41) is 18.1. The highest BCUT2D eigenvalue weighted by molar-refractivity contribution is 7.17. The number of benzene rings is 2. The van der Waals surface area contributed by atoms with Gasteiger partial charge in [-0.1, -0.05) is 42.5 Å². The van der Waals surface area contributed by atoms with Gasteiger partial charge >= 0.3 is 7.12 Å². The summed E-state index contributed by atoms with van der Waals surface area (Å²) in [6.45, 7) is 0. The first-order valence-electron chi connectivity index (χ1n) is 7.37. The zero-order chi connectivity index (χ0) is 17.1. The minimum atomic E-state index is -1.52. The molecule has 0 atom stereocenters. The van der Waals surface area contributed by atoms with Crippen LogP contribution in [0.4, 0.5) is 4.39 Å². The Kier molecular flexibility index (Phi) is 4.90. The number of rotatable bonds is 5. The number of halogens is 1. The van der Waals surface area contributed by atoms with Gasteiger partial charge in [0.25, 0.3) is 0 Å². The minimum absolute atomic E-state index is 0.0557. The molecule has 0 saturated heterocycles. The van der Waals surface area contributed by atoms with Gasteiger partial charge in [-0.3, -0.25) is 4.79 Å². The third-order valence-electron chi connectivity index (χ3n) is 3.66. The highest BCUT2D eigenvalue weighted by Crippen LogP contribution is 2.30. The summed E-state index contributed by atoms with van der Waals surface area (Å²) < 4.78 is 13.8. The van der Waals surface area contributed by atoms with Gasteiger partial charge in [0.2, 0.25) is 0 Å². The number of ketones is 1. The second-order valence-electron chi connectivity index (χ2n) is 5.36. The summed E-state index contributed by atoms with van der Waals surface area (Å²) in [6.07, 6.45) is 0.207. The molecule has 0 spiro atoms. The molecule has 3 aromatic rings. The molecule has 6 heteroatoms. The van der Waals surface area contributed by atoms with Crippen LogP contribution in [0.2, 0.25) is 0 Å². The van der Waals surface area contributed by atoms with Gasteiger partial charge in [0.15, 0.2) is 5.78 Å². The van der Waals surface area contributed by atoms with Crippen LogP contribution in [0.15, 0.2) is 60.7 Å². The Bertz CT molecular complexity index is 859. The minimum Gasteiger partial charge on any atom is -0.423 e. The molecule has 2 N–H and O–H groups in total. The fourth-order valence-corrected chi connectivity index (χ4v) is 3.34. The summed E-state index contributed by atoms with van der Waals surface area (Å²) in [5.74, 6) is -0.364. The molecule has 0 radical (unpaired) electrons. The average Bonchev–Trinajstić information content (AvgIpc) is 3.05. The standard InChI is InChI=1S/C18H14BFO3S/c20-15-4-2-1-3-14(15)17-9-10-18(24-17)16(21)11-12-5-7-13(8-6-12)19(22)23/h1-10,22-23H,11H2. The lowest BCUT2D eigenvalue weighted by molar-refractivity contribution is 0.0997. The first-order valence-corrected chi connectivity index (χ1v) is 8.19. The van der Waals surface area contributed by atoms with Crippen LogP contribution in [0.5, 0.6) is 0 Å². The quantitative estimate of drug-likeness (QED) is 0.555. The molecule has 1 heterocycles. The SMILES string of the molecule is O=C(Cc1ccc(B(O)O)cc1)c1ccc(-c2ccccc2F)s1. The van der Waals surface area contributed by atoms with Gasteiger partial charge in [-0.2, -0.15) is 0 Å². The van der Waals surface area contributed by atoms with Crippen LogP contribution in [0.25, 0.3) is 10.4 Å². The van der Waals surface area contributed by atoms with Crippen molar-refractivity contribution in [1.29, 1.82) is 0 Å². The number of Topliss-reactive ketones (excluding diaryl/α,β-unsaturated/α-hetero) is 1. The molecule has 0 saturated carbocycles. The fraction of sp³-hybridized carbons (Fsp3) is 0.0556. The summed E-state index contributed by atoms with van der Waals surface area (Å²) in [6, 6.07) is 16.5. The predicted octanol–water partition coefficient (Wildman–Crippen LogP) is 2.66. The van der Waals surface area contributed by atoms with Crippen LogP contribution >= 0.6 is 11.3 Å². The van der Waals surface area contributed by atoms with Crippen molar-refractivity contribution in [3.8, 4) is 10.4 Å². The van der Waals surface area contributed by atoms with Gasteiger partial charge in [-0.15, -0.1) is 11.3 Å². The van der Waals surface area contributed by atoms with Crippen LogP contribution in [-0.2, 0) is 6.42 Å². The second kappa shape index (κ2) is 7.09. The summed E-state index contributed by atoms with van der Waals surface area (Å²) in [4.78, 5) is 13.7. The lowest BCUT2D eigenvalue weighted by atomic mass is 9.80. The van der Waals surface area contributed by atoms with E-state index in [-0.39, 0.29) is 18.0 Å². The fourth-order valence-electron chi connectivity index (χ4n) is 2.37. The van der Waals surface area contributed by atoms with E-state index in [0.717, 1.165) is 10.4 Å². The average molecular weight is 340 g/mol. The Balaban J connectivity index is 1.75. The third-order valence-corrected chi connectivity index (χ3v) is 4.82. The Morgan fingerprint density at radius 3 is 2.38 bits per heavy atom. The number of carbonyl (C=O) groups is 1. The van der Waals surface area contributed by atoms with E-state index in [0.29, 0.717) is 15.9 Å². The molecule has 1 aromatic heterocycles. The molecule has 120 valence electrons. The van der Waals surface area contributed by atoms with Crippen molar-refractivity contribution in [2.24, 2.45) is 0 Å². The van der Waals surface area contributed by atoms with Crippen molar-refractivity contribution >= 4 is 29.7 Å². The zero-order valence-corrected chi connectivity index (χ0v) is 13.5. The Hall–Kier alpha value is -2.28. The van der Waals surface area contributed by atoms with Crippen molar-refractivity contribution in [2.75, 3.05) is 0 Å². The summed E-state index contributed by atoms with van der Waals surface area (Å²) in [7, 11) is -1.52. The van der Waals surface area contributed by atoms with E-state index in [1.807, 2.05) is 0 Å². The van der Waals surface area contributed by atoms with Crippen molar-refractivity contribution in [3.63, 3.8) is 0 Å². The van der Waals surface area contributed by atoms with E-state index in [1.165, 1.54) is 17.4 Å². The van der Waals surface area contributed by atoms with Gasteiger partial charge in [-0.05, 0) is 29.2 Å². The van der Waals surface area contributed by atoms with Crippen molar-refractivity contribution in [1.82, 2.24) is 0 Å². The Labute approximate surface area is 143 Å². The molecule has 0 bridgehead atoms. The van der Waals surface area contributed by atoms with E-state index in [2.05, 4.69) is 0 Å². The van der Waals surface area contributed by atoms with E-state index < -0.39 is 7.12 Å². The van der Waals surface area contributed by atoms with Crippen LogP contribution in [0.3, 0.4) is 0 Å². The molecular formula is C18H14BFO3S. The summed E-state index contributed by atoms with van der Waals surface area (Å²) in [5.41, 5.74) is 1.65. The summed E-state index contributed by atoms with van der Waals surface area (Å²) >= 11 is 1.27. The normalized spacial score (nSPS) is 10.6. The molecule has 2 aromatic carbocycles. The zero-order valence-electron chi connectivity index (χ0n) is 12.6. The van der Waals surface area contributed by atoms with E-state index in [1.54, 1.807) is 54.6 Å². The smallest absolute Gasteiger partial charge is 0.423 e. The van der Waals surface area contributed by atoms with Gasteiger partial charge in [0.1, 0.15) is 5.82 Å². The highest BCUT2D eigenvalue weighted by Gasteiger charge is 2.14. The molecule has 0 aliphatic heterocycles. The van der Waals surface area contributed by atoms with Crippen LogP contribution in [0.1, 0.15) is 15.2 Å². The van der Waals surface area contributed by atoms with Gasteiger partial charge < -0.3 is 10.0 Å². The predicted molar refractivity (Wildman–Crippen MR) is 94.0 cm³/mol. The Morgan fingerprint density at radius 1 is 1.00 bits per heavy atom. The van der Waals surface area contributed by atoms with Crippen LogP contribution in [-0.4, -0.2) is 22.9 Å². The van der Waals surface area contributed by atoms with Crippen LogP contribution in [0, 0.1) is 5.82 Å². The maximum atomic E-state index is 13.8. The van der Waals surface area contributed by atoms with Gasteiger partial charge in [0.05, 0.1) is 4.88 Å². The lowest BCUT2D eigenvalue weighted by Gasteiger charge is -2.02. The maximum absolute atomic E-state index is 13.8. The maximum Gasteiger partial charge on any atom is 0.488 e.